The second-order valence-corrected chi connectivity index (χ2v) is 7.81. The number of rotatable bonds is 2. The first kappa shape index (κ1) is 14.6. The predicted molar refractivity (Wildman–Crippen MR) is 94.4 cm³/mol. The van der Waals surface area contributed by atoms with Gasteiger partial charge in [0.25, 0.3) is 10.0 Å². The Morgan fingerprint density at radius 2 is 1.86 bits per heavy atom. The molecule has 0 aliphatic rings. The van der Waals surface area contributed by atoms with Gasteiger partial charge >= 0.3 is 0 Å². The summed E-state index contributed by atoms with van der Waals surface area (Å²) in [5.41, 5.74) is 2.51. The lowest BCUT2D eigenvalue weighted by Gasteiger charge is -2.09. The molecule has 4 nitrogen and oxygen atoms in total. The third-order valence-corrected chi connectivity index (χ3v) is 6.24. The molecule has 0 atom stereocenters. The Kier molecular flexibility index (Phi) is 3.57. The van der Waals surface area contributed by atoms with Crippen molar-refractivity contribution in [3.63, 3.8) is 0 Å². The summed E-state index contributed by atoms with van der Waals surface area (Å²) in [5, 5.41) is 0.859. The number of pyridine rings is 1. The van der Waals surface area contributed by atoms with Crippen molar-refractivity contribution in [1.82, 2.24) is 8.96 Å². The Hall–Kier alpha value is -1.35. The van der Waals surface area contributed by atoms with Crippen molar-refractivity contribution in [2.24, 2.45) is 0 Å². The van der Waals surface area contributed by atoms with E-state index in [0.29, 0.717) is 9.35 Å². The van der Waals surface area contributed by atoms with E-state index in [1.165, 1.54) is 3.97 Å². The molecule has 0 saturated carbocycles. The lowest BCUT2D eigenvalue weighted by Crippen LogP contribution is -2.15. The van der Waals surface area contributed by atoms with Crippen LogP contribution < -0.4 is 5.46 Å². The molecule has 0 fully saturated rings. The summed E-state index contributed by atoms with van der Waals surface area (Å²) in [7, 11) is -1.69. The van der Waals surface area contributed by atoms with Crippen molar-refractivity contribution in [3.8, 4) is 0 Å². The van der Waals surface area contributed by atoms with Crippen LogP contribution in [0.25, 0.3) is 11.0 Å². The second-order valence-electron chi connectivity index (χ2n) is 4.91. The van der Waals surface area contributed by atoms with Crippen LogP contribution in [0.3, 0.4) is 0 Å². The van der Waals surface area contributed by atoms with E-state index in [0.717, 1.165) is 16.4 Å². The van der Waals surface area contributed by atoms with E-state index in [9.17, 15) is 8.42 Å². The van der Waals surface area contributed by atoms with Gasteiger partial charge in [0.1, 0.15) is 7.85 Å². The molecule has 0 N–H and O–H groups in total. The van der Waals surface area contributed by atoms with Gasteiger partial charge in [-0.15, -0.1) is 0 Å². The van der Waals surface area contributed by atoms with Gasteiger partial charge in [-0.2, -0.15) is 0 Å². The molecule has 0 radical (unpaired) electrons. The van der Waals surface area contributed by atoms with Crippen molar-refractivity contribution in [2.45, 2.75) is 11.8 Å². The first-order chi connectivity index (χ1) is 9.91. The largest absolute Gasteiger partial charge is 0.270 e. The Labute approximate surface area is 137 Å². The molecule has 0 aliphatic heterocycles. The van der Waals surface area contributed by atoms with Gasteiger partial charge in [-0.1, -0.05) is 23.2 Å². The molecule has 2 aromatic heterocycles. The SMILES string of the molecule is Bc1ccnc2c1cc(I)n2S(=O)(=O)c1ccc(C)cc1. The molecule has 0 unspecified atom stereocenters. The van der Waals surface area contributed by atoms with E-state index >= 15 is 0 Å². The molecule has 0 spiro atoms. The lowest BCUT2D eigenvalue weighted by molar-refractivity contribution is 0.588. The van der Waals surface area contributed by atoms with Crippen LogP contribution in [0.5, 0.6) is 0 Å². The molecule has 106 valence electrons. The van der Waals surface area contributed by atoms with Crippen molar-refractivity contribution < 1.29 is 8.42 Å². The standard InChI is InChI=1S/C14H12BIN2O2S/c1-9-2-4-10(5-3-9)21(19,20)18-13(16)8-11-12(15)6-7-17-14(11)18/h2-8H,15H2,1H3. The maximum Gasteiger partial charge on any atom is 0.270 e. The van der Waals surface area contributed by atoms with Gasteiger partial charge < -0.3 is 0 Å². The Morgan fingerprint density at radius 1 is 1.19 bits per heavy atom. The van der Waals surface area contributed by atoms with Gasteiger partial charge in [0.05, 0.1) is 8.60 Å². The summed E-state index contributed by atoms with van der Waals surface area (Å²) in [5.74, 6) is 0. The number of nitrogens with zero attached hydrogens (tertiary/aromatic N) is 2. The van der Waals surface area contributed by atoms with Crippen LogP contribution in [-0.4, -0.2) is 25.2 Å². The van der Waals surface area contributed by atoms with E-state index in [1.807, 2.05) is 49.5 Å². The van der Waals surface area contributed by atoms with Crippen molar-refractivity contribution in [2.75, 3.05) is 0 Å². The van der Waals surface area contributed by atoms with Crippen LogP contribution >= 0.6 is 22.6 Å². The first-order valence-electron chi connectivity index (χ1n) is 6.36. The minimum Gasteiger partial charge on any atom is -0.237 e. The van der Waals surface area contributed by atoms with Gasteiger partial charge in [0, 0.05) is 11.6 Å². The number of hydrogen-bond donors (Lipinski definition) is 0. The maximum atomic E-state index is 12.9. The topological polar surface area (TPSA) is 52.0 Å². The van der Waals surface area contributed by atoms with Gasteiger partial charge in [-0.3, -0.25) is 0 Å². The molecular formula is C14H12BIN2O2S. The highest BCUT2D eigenvalue weighted by atomic mass is 127. The molecule has 3 rings (SSSR count). The molecule has 0 amide bonds. The number of aryl methyl sites for hydroxylation is 1. The van der Waals surface area contributed by atoms with Crippen molar-refractivity contribution in [1.29, 1.82) is 0 Å². The smallest absolute Gasteiger partial charge is 0.237 e. The fourth-order valence-electron chi connectivity index (χ4n) is 2.22. The zero-order chi connectivity index (χ0) is 15.2. The lowest BCUT2D eigenvalue weighted by atomic mass is 9.95. The number of halogens is 1. The fraction of sp³-hybridized carbons (Fsp3) is 0.0714. The number of aromatic nitrogens is 2. The van der Waals surface area contributed by atoms with Gasteiger partial charge in [-0.05, 0) is 53.8 Å². The quantitative estimate of drug-likeness (QED) is 0.475. The van der Waals surface area contributed by atoms with Crippen LogP contribution in [0.2, 0.25) is 0 Å². The zero-order valence-corrected chi connectivity index (χ0v) is 14.5. The summed E-state index contributed by atoms with van der Waals surface area (Å²) in [6, 6.07) is 10.6. The molecule has 0 saturated heterocycles. The summed E-state index contributed by atoms with van der Waals surface area (Å²) < 4.78 is 27.7. The molecule has 1 aromatic carbocycles. The van der Waals surface area contributed by atoms with E-state index in [-0.39, 0.29) is 4.90 Å². The highest BCUT2D eigenvalue weighted by Gasteiger charge is 2.23. The highest BCUT2D eigenvalue weighted by Crippen LogP contribution is 2.24. The maximum absolute atomic E-state index is 12.9. The van der Waals surface area contributed by atoms with Gasteiger partial charge in [0.2, 0.25) is 0 Å². The van der Waals surface area contributed by atoms with E-state index in [4.69, 9.17) is 0 Å². The third kappa shape index (κ3) is 2.38. The monoisotopic (exact) mass is 410 g/mol. The summed E-state index contributed by atoms with van der Waals surface area (Å²) in [6.07, 6.45) is 1.63. The summed E-state index contributed by atoms with van der Waals surface area (Å²) >= 11 is 2.03. The Bertz CT molecular complexity index is 934. The molecule has 0 aliphatic carbocycles. The minimum absolute atomic E-state index is 0.270. The summed E-state index contributed by atoms with van der Waals surface area (Å²) in [6.45, 7) is 1.93. The number of benzene rings is 1. The average Bonchev–Trinajstić information content (AvgIpc) is 2.77. The molecule has 2 heterocycles. The van der Waals surface area contributed by atoms with E-state index in [1.54, 1.807) is 30.5 Å². The van der Waals surface area contributed by atoms with Crippen molar-refractivity contribution >= 4 is 57.0 Å². The normalized spacial score (nSPS) is 11.9. The summed E-state index contributed by atoms with van der Waals surface area (Å²) in [4.78, 5) is 4.52. The zero-order valence-electron chi connectivity index (χ0n) is 11.5. The van der Waals surface area contributed by atoms with Gasteiger partial charge in [-0.25, -0.2) is 17.4 Å². The Balaban J connectivity index is 2.31. The first-order valence-corrected chi connectivity index (χ1v) is 8.88. The van der Waals surface area contributed by atoms with Crippen LogP contribution in [0, 0.1) is 10.6 Å². The predicted octanol–water partition coefficient (Wildman–Crippen LogP) is 1.44. The second kappa shape index (κ2) is 5.13. The molecule has 21 heavy (non-hydrogen) atoms. The Morgan fingerprint density at radius 3 is 2.52 bits per heavy atom. The third-order valence-electron chi connectivity index (χ3n) is 3.40. The molecule has 0 bridgehead atoms. The van der Waals surface area contributed by atoms with Crippen LogP contribution in [0.1, 0.15) is 5.56 Å². The van der Waals surface area contributed by atoms with Crippen LogP contribution in [-0.2, 0) is 10.0 Å². The average molecular weight is 410 g/mol. The molecular weight excluding hydrogens is 398 g/mol. The number of fused-ring (bicyclic) bond motifs is 1. The highest BCUT2D eigenvalue weighted by molar-refractivity contribution is 14.1. The fourth-order valence-corrected chi connectivity index (χ4v) is 4.88. The van der Waals surface area contributed by atoms with E-state index in [2.05, 4.69) is 4.98 Å². The van der Waals surface area contributed by atoms with E-state index < -0.39 is 10.0 Å². The van der Waals surface area contributed by atoms with Crippen LogP contribution in [0.15, 0.2) is 47.5 Å². The minimum atomic E-state index is -3.64. The van der Waals surface area contributed by atoms with Crippen molar-refractivity contribution in [3.05, 3.63) is 51.9 Å². The molecule has 3 aromatic rings. The van der Waals surface area contributed by atoms with Crippen LogP contribution in [0.4, 0.5) is 0 Å². The number of hydrogen-bond acceptors (Lipinski definition) is 3. The van der Waals surface area contributed by atoms with Gasteiger partial charge in [0.15, 0.2) is 5.65 Å². The molecule has 7 heteroatoms.